The molecule has 4 heteroatoms. The molecule has 0 spiro atoms. The molecule has 1 N–H and O–H groups in total. The predicted molar refractivity (Wildman–Crippen MR) is 50.5 cm³/mol. The van der Waals surface area contributed by atoms with Crippen LogP contribution in [0.3, 0.4) is 0 Å². The van der Waals surface area contributed by atoms with E-state index in [1.54, 1.807) is 0 Å². The minimum Gasteiger partial charge on any atom is -0.461 e. The van der Waals surface area contributed by atoms with Crippen molar-refractivity contribution in [2.75, 3.05) is 13.2 Å². The number of unbranched alkanes of at least 4 members (excludes halogenated alkanes) is 2. The van der Waals surface area contributed by atoms with E-state index in [0.29, 0.717) is 18.7 Å². The van der Waals surface area contributed by atoms with Gasteiger partial charge in [0.2, 0.25) is 0 Å². The smallest absolute Gasteiger partial charge is 0.354 e. The second-order valence-corrected chi connectivity index (χ2v) is 3.06. The highest BCUT2D eigenvalue weighted by Gasteiger charge is 2.16. The molecule has 74 valence electrons. The number of hydrogen-bond donors (Lipinski definition) is 1. The Balaban J connectivity index is 2.10. The first kappa shape index (κ1) is 10.0. The first-order valence-electron chi connectivity index (χ1n) is 4.81. The Labute approximate surface area is 78.3 Å². The van der Waals surface area contributed by atoms with Crippen LogP contribution in [0.1, 0.15) is 32.6 Å². The van der Waals surface area contributed by atoms with Gasteiger partial charge in [-0.1, -0.05) is 19.8 Å². The third-order valence-corrected chi connectivity index (χ3v) is 1.90. The number of esters is 1. The Bertz CT molecular complexity index is 202. The minimum atomic E-state index is -0.263. The van der Waals surface area contributed by atoms with E-state index >= 15 is 0 Å². The number of ether oxygens (including phenoxy) is 1. The largest absolute Gasteiger partial charge is 0.461 e. The average Bonchev–Trinajstić information content (AvgIpc) is 2.65. The van der Waals surface area contributed by atoms with Gasteiger partial charge in [-0.2, -0.15) is 5.10 Å². The van der Waals surface area contributed by atoms with Crippen molar-refractivity contribution in [2.24, 2.45) is 5.10 Å². The molecule has 0 amide bonds. The Morgan fingerprint density at radius 2 is 2.46 bits per heavy atom. The monoisotopic (exact) mass is 184 g/mol. The zero-order chi connectivity index (χ0) is 9.52. The molecule has 4 nitrogen and oxygen atoms in total. The van der Waals surface area contributed by atoms with E-state index in [4.69, 9.17) is 4.74 Å². The van der Waals surface area contributed by atoms with Crippen molar-refractivity contribution in [3.63, 3.8) is 0 Å². The van der Waals surface area contributed by atoms with Gasteiger partial charge in [0.1, 0.15) is 5.71 Å². The van der Waals surface area contributed by atoms with Gasteiger partial charge in [-0.15, -0.1) is 0 Å². The Morgan fingerprint density at radius 1 is 1.62 bits per heavy atom. The van der Waals surface area contributed by atoms with Crippen LogP contribution in [0.4, 0.5) is 0 Å². The summed E-state index contributed by atoms with van der Waals surface area (Å²) in [6.45, 7) is 3.39. The average molecular weight is 184 g/mol. The van der Waals surface area contributed by atoms with Crippen LogP contribution in [0.5, 0.6) is 0 Å². The number of carbonyl (C=O) groups excluding carboxylic acids is 1. The van der Waals surface area contributed by atoms with E-state index in [1.165, 1.54) is 0 Å². The zero-order valence-corrected chi connectivity index (χ0v) is 8.01. The van der Waals surface area contributed by atoms with Gasteiger partial charge in [-0.3, -0.25) is 0 Å². The fraction of sp³-hybridized carbons (Fsp3) is 0.778. The lowest BCUT2D eigenvalue weighted by atomic mass is 10.2. The third kappa shape index (κ3) is 3.44. The van der Waals surface area contributed by atoms with Gasteiger partial charge in [-0.25, -0.2) is 4.79 Å². The van der Waals surface area contributed by atoms with Crippen LogP contribution in [-0.4, -0.2) is 24.8 Å². The van der Waals surface area contributed by atoms with Gasteiger partial charge in [0, 0.05) is 13.0 Å². The van der Waals surface area contributed by atoms with Crippen molar-refractivity contribution >= 4 is 11.7 Å². The molecule has 0 bridgehead atoms. The van der Waals surface area contributed by atoms with E-state index in [0.717, 1.165) is 25.8 Å². The van der Waals surface area contributed by atoms with Gasteiger partial charge in [0.05, 0.1) is 6.61 Å². The number of carbonyl (C=O) groups is 1. The topological polar surface area (TPSA) is 50.7 Å². The fourth-order valence-electron chi connectivity index (χ4n) is 1.13. The molecular weight excluding hydrogens is 168 g/mol. The molecule has 0 saturated carbocycles. The number of hydrazone groups is 1. The summed E-state index contributed by atoms with van der Waals surface area (Å²) >= 11 is 0. The summed E-state index contributed by atoms with van der Waals surface area (Å²) in [4.78, 5) is 11.2. The van der Waals surface area contributed by atoms with Crippen LogP contribution in [-0.2, 0) is 9.53 Å². The maximum atomic E-state index is 11.2. The van der Waals surface area contributed by atoms with Crippen LogP contribution in [0.25, 0.3) is 0 Å². The lowest BCUT2D eigenvalue weighted by Crippen LogP contribution is -2.16. The van der Waals surface area contributed by atoms with Crippen LogP contribution < -0.4 is 5.43 Å². The van der Waals surface area contributed by atoms with E-state index < -0.39 is 0 Å². The van der Waals surface area contributed by atoms with Gasteiger partial charge in [-0.05, 0) is 6.42 Å². The predicted octanol–water partition coefficient (Wildman–Crippen LogP) is 1.07. The van der Waals surface area contributed by atoms with E-state index in [1.807, 2.05) is 0 Å². The highest BCUT2D eigenvalue weighted by atomic mass is 16.5. The molecule has 1 heterocycles. The Kier molecular flexibility index (Phi) is 4.29. The summed E-state index contributed by atoms with van der Waals surface area (Å²) in [5.41, 5.74) is 3.27. The summed E-state index contributed by atoms with van der Waals surface area (Å²) in [7, 11) is 0. The maximum Gasteiger partial charge on any atom is 0.354 e. The van der Waals surface area contributed by atoms with Crippen molar-refractivity contribution in [3.8, 4) is 0 Å². The molecule has 13 heavy (non-hydrogen) atoms. The zero-order valence-electron chi connectivity index (χ0n) is 8.01. The van der Waals surface area contributed by atoms with E-state index in [9.17, 15) is 4.79 Å². The molecule has 0 radical (unpaired) electrons. The van der Waals surface area contributed by atoms with Crippen LogP contribution >= 0.6 is 0 Å². The lowest BCUT2D eigenvalue weighted by molar-refractivity contribution is -0.135. The van der Waals surface area contributed by atoms with E-state index in [-0.39, 0.29) is 5.97 Å². The summed E-state index contributed by atoms with van der Waals surface area (Å²) in [6, 6.07) is 0. The van der Waals surface area contributed by atoms with Gasteiger partial charge < -0.3 is 10.2 Å². The highest BCUT2D eigenvalue weighted by Crippen LogP contribution is 1.99. The number of hydrogen-bond acceptors (Lipinski definition) is 4. The molecule has 1 rings (SSSR count). The molecule has 1 aliphatic heterocycles. The van der Waals surface area contributed by atoms with Crippen LogP contribution in [0.2, 0.25) is 0 Å². The van der Waals surface area contributed by atoms with Gasteiger partial charge in [0.15, 0.2) is 0 Å². The summed E-state index contributed by atoms with van der Waals surface area (Å²) in [6.07, 6.45) is 3.88. The molecular formula is C9H16N2O2. The van der Waals surface area contributed by atoms with E-state index in [2.05, 4.69) is 17.5 Å². The highest BCUT2D eigenvalue weighted by molar-refractivity contribution is 6.36. The molecule has 0 saturated heterocycles. The normalized spacial score (nSPS) is 15.0. The molecule has 0 unspecified atom stereocenters. The van der Waals surface area contributed by atoms with Crippen LogP contribution in [0, 0.1) is 0 Å². The second-order valence-electron chi connectivity index (χ2n) is 3.06. The van der Waals surface area contributed by atoms with Crippen molar-refractivity contribution < 1.29 is 9.53 Å². The van der Waals surface area contributed by atoms with Gasteiger partial charge >= 0.3 is 5.97 Å². The standard InChI is InChI=1S/C9H16N2O2/c1-2-3-4-7-13-9(12)8-5-6-10-11-8/h10H,2-7H2,1H3. The first-order chi connectivity index (χ1) is 6.34. The molecule has 0 aromatic heterocycles. The molecule has 0 aliphatic carbocycles. The number of nitrogens with zero attached hydrogens (tertiary/aromatic N) is 1. The van der Waals surface area contributed by atoms with Crippen molar-refractivity contribution in [1.82, 2.24) is 5.43 Å². The summed E-state index contributed by atoms with van der Waals surface area (Å²) in [5, 5.41) is 3.83. The lowest BCUT2D eigenvalue weighted by Gasteiger charge is -2.02. The van der Waals surface area contributed by atoms with Crippen molar-refractivity contribution in [2.45, 2.75) is 32.6 Å². The quantitative estimate of drug-likeness (QED) is 0.513. The second kappa shape index (κ2) is 5.56. The fourth-order valence-corrected chi connectivity index (χ4v) is 1.13. The summed E-state index contributed by atoms with van der Waals surface area (Å²) < 4.78 is 5.02. The summed E-state index contributed by atoms with van der Waals surface area (Å²) in [5.74, 6) is -0.263. The molecule has 0 atom stereocenters. The Morgan fingerprint density at radius 3 is 3.08 bits per heavy atom. The molecule has 1 aliphatic rings. The molecule has 0 aromatic carbocycles. The van der Waals surface area contributed by atoms with Crippen molar-refractivity contribution in [3.05, 3.63) is 0 Å². The minimum absolute atomic E-state index is 0.263. The van der Waals surface area contributed by atoms with Gasteiger partial charge in [0.25, 0.3) is 0 Å². The van der Waals surface area contributed by atoms with Crippen LogP contribution in [0.15, 0.2) is 5.10 Å². The first-order valence-corrected chi connectivity index (χ1v) is 4.81. The SMILES string of the molecule is CCCCCOC(=O)C1=NNCC1. The third-order valence-electron chi connectivity index (χ3n) is 1.90. The molecule has 0 fully saturated rings. The Hall–Kier alpha value is -1.06. The number of rotatable bonds is 5. The van der Waals surface area contributed by atoms with Crippen molar-refractivity contribution in [1.29, 1.82) is 0 Å². The maximum absolute atomic E-state index is 11.2. The number of nitrogens with one attached hydrogen (secondary N) is 1. The molecule has 0 aromatic rings.